The average molecular weight is 210 g/mol. The molecule has 3 heteroatoms. The molecule has 1 saturated carbocycles. The Labute approximate surface area is 90.8 Å². The maximum atomic E-state index is 10.6. The molecule has 1 aliphatic rings. The van der Waals surface area contributed by atoms with Crippen LogP contribution in [0.4, 0.5) is 0 Å². The summed E-state index contributed by atoms with van der Waals surface area (Å²) >= 11 is 0. The van der Waals surface area contributed by atoms with Crippen LogP contribution in [-0.4, -0.2) is 22.8 Å². The summed E-state index contributed by atoms with van der Waals surface area (Å²) < 4.78 is 4.86. The number of carbonyl (C=O) groups is 1. The quantitative estimate of drug-likeness (QED) is 0.528. The molecule has 1 rings (SSSR count). The van der Waals surface area contributed by atoms with Crippen molar-refractivity contribution in [3.8, 4) is 11.8 Å². The van der Waals surface area contributed by atoms with Crippen molar-refractivity contribution in [3.05, 3.63) is 0 Å². The smallest absolute Gasteiger partial charge is 0.303 e. The lowest BCUT2D eigenvalue weighted by Gasteiger charge is -2.26. The van der Waals surface area contributed by atoms with Crippen molar-refractivity contribution in [2.24, 2.45) is 0 Å². The van der Waals surface area contributed by atoms with Crippen molar-refractivity contribution in [2.45, 2.75) is 57.7 Å². The summed E-state index contributed by atoms with van der Waals surface area (Å²) in [6, 6.07) is 0. The van der Waals surface area contributed by atoms with Gasteiger partial charge in [0.25, 0.3) is 0 Å². The Hall–Kier alpha value is -1.01. The minimum atomic E-state index is -0.855. The van der Waals surface area contributed by atoms with Crippen LogP contribution >= 0.6 is 0 Å². The highest BCUT2D eigenvalue weighted by Crippen LogP contribution is 2.27. The predicted octanol–water partition coefficient (Wildman–Crippen LogP) is 1.64. The van der Waals surface area contributed by atoms with E-state index in [1.165, 1.54) is 13.3 Å². The Morgan fingerprint density at radius 2 is 2.00 bits per heavy atom. The number of carbonyl (C=O) groups excluding carboxylic acids is 1. The fourth-order valence-electron chi connectivity index (χ4n) is 1.78. The third kappa shape index (κ3) is 4.35. The highest BCUT2D eigenvalue weighted by Gasteiger charge is 2.26. The first-order valence-corrected chi connectivity index (χ1v) is 5.44. The van der Waals surface area contributed by atoms with Gasteiger partial charge in [-0.15, -0.1) is 0 Å². The summed E-state index contributed by atoms with van der Waals surface area (Å²) in [7, 11) is 0. The minimum Gasteiger partial charge on any atom is -0.450 e. The van der Waals surface area contributed by atoms with Crippen LogP contribution in [0.3, 0.4) is 0 Å². The molecule has 0 aliphatic heterocycles. The molecular formula is C12H18O3. The molecule has 1 aliphatic carbocycles. The third-order valence-electron chi connectivity index (χ3n) is 2.53. The predicted molar refractivity (Wildman–Crippen MR) is 57.0 cm³/mol. The summed E-state index contributed by atoms with van der Waals surface area (Å²) in [5.74, 6) is 5.27. The van der Waals surface area contributed by atoms with E-state index in [1.54, 1.807) is 6.92 Å². The van der Waals surface area contributed by atoms with Crippen molar-refractivity contribution < 1.29 is 14.6 Å². The maximum Gasteiger partial charge on any atom is 0.303 e. The molecule has 0 aromatic rings. The van der Waals surface area contributed by atoms with E-state index in [-0.39, 0.29) is 5.97 Å². The largest absolute Gasteiger partial charge is 0.450 e. The molecule has 3 nitrogen and oxygen atoms in total. The zero-order valence-corrected chi connectivity index (χ0v) is 9.38. The Bertz CT molecular complexity index is 279. The molecule has 84 valence electrons. The Balaban J connectivity index is 2.51. The number of aliphatic hydroxyl groups is 1. The van der Waals surface area contributed by atoms with Gasteiger partial charge in [-0.2, -0.15) is 0 Å². The summed E-state index contributed by atoms with van der Waals surface area (Å²) in [5.41, 5.74) is -0.855. The van der Waals surface area contributed by atoms with Gasteiger partial charge in [-0.3, -0.25) is 4.79 Å². The van der Waals surface area contributed by atoms with Crippen LogP contribution in [0, 0.1) is 11.8 Å². The molecule has 0 aromatic carbocycles. The van der Waals surface area contributed by atoms with Gasteiger partial charge in [-0.25, -0.2) is 0 Å². The summed E-state index contributed by atoms with van der Waals surface area (Å²) in [6.45, 7) is 3.06. The van der Waals surface area contributed by atoms with Gasteiger partial charge in [0.05, 0.1) is 0 Å². The SMILES string of the molecule is CC(=O)O[C@H](C)C#CC1(O)CCCCC1. The van der Waals surface area contributed by atoms with Crippen LogP contribution in [-0.2, 0) is 9.53 Å². The highest BCUT2D eigenvalue weighted by molar-refractivity contribution is 5.66. The van der Waals surface area contributed by atoms with Crippen LogP contribution < -0.4 is 0 Å². The molecule has 0 heterocycles. The first-order chi connectivity index (χ1) is 7.02. The molecule has 0 bridgehead atoms. The molecule has 0 saturated heterocycles. The van der Waals surface area contributed by atoms with Crippen LogP contribution in [0.1, 0.15) is 46.0 Å². The lowest BCUT2D eigenvalue weighted by Crippen LogP contribution is -2.29. The van der Waals surface area contributed by atoms with Crippen molar-refractivity contribution in [2.75, 3.05) is 0 Å². The molecule has 0 amide bonds. The number of ether oxygens (including phenoxy) is 1. The zero-order chi connectivity index (χ0) is 11.3. The molecule has 0 unspecified atom stereocenters. The summed E-state index contributed by atoms with van der Waals surface area (Å²) in [4.78, 5) is 10.6. The monoisotopic (exact) mass is 210 g/mol. The minimum absolute atomic E-state index is 0.340. The van der Waals surface area contributed by atoms with Gasteiger partial charge >= 0.3 is 5.97 Å². The van der Waals surface area contributed by atoms with Gasteiger partial charge < -0.3 is 9.84 Å². The molecule has 0 spiro atoms. The second-order valence-corrected chi connectivity index (χ2v) is 4.11. The fraction of sp³-hybridized carbons (Fsp3) is 0.750. The average Bonchev–Trinajstić information content (AvgIpc) is 2.15. The number of esters is 1. The van der Waals surface area contributed by atoms with E-state index in [1.807, 2.05) is 0 Å². The number of rotatable bonds is 1. The topological polar surface area (TPSA) is 46.5 Å². The fourth-order valence-corrected chi connectivity index (χ4v) is 1.78. The van der Waals surface area contributed by atoms with E-state index in [4.69, 9.17) is 4.74 Å². The Kier molecular flexibility index (Phi) is 4.16. The normalized spacial score (nSPS) is 21.0. The summed E-state index contributed by atoms with van der Waals surface area (Å²) in [5, 5.41) is 10.0. The molecule has 15 heavy (non-hydrogen) atoms. The van der Waals surface area contributed by atoms with E-state index in [9.17, 15) is 9.90 Å². The lowest BCUT2D eigenvalue weighted by molar-refractivity contribution is -0.143. The van der Waals surface area contributed by atoms with Gasteiger partial charge in [0.2, 0.25) is 0 Å². The van der Waals surface area contributed by atoms with Gasteiger partial charge in [-0.05, 0) is 32.6 Å². The lowest BCUT2D eigenvalue weighted by atomic mass is 9.85. The maximum absolute atomic E-state index is 10.6. The van der Waals surface area contributed by atoms with E-state index in [0.29, 0.717) is 0 Å². The summed E-state index contributed by atoms with van der Waals surface area (Å²) in [6.07, 6.45) is 4.23. The molecule has 0 aromatic heterocycles. The Morgan fingerprint density at radius 3 is 2.53 bits per heavy atom. The first kappa shape index (κ1) is 12.1. The second kappa shape index (κ2) is 5.18. The van der Waals surface area contributed by atoms with E-state index in [0.717, 1.165) is 25.7 Å². The second-order valence-electron chi connectivity index (χ2n) is 4.11. The van der Waals surface area contributed by atoms with Crippen molar-refractivity contribution in [3.63, 3.8) is 0 Å². The van der Waals surface area contributed by atoms with Gasteiger partial charge in [-0.1, -0.05) is 18.3 Å². The van der Waals surface area contributed by atoms with E-state index < -0.39 is 11.7 Å². The third-order valence-corrected chi connectivity index (χ3v) is 2.53. The van der Waals surface area contributed by atoms with Crippen molar-refractivity contribution >= 4 is 5.97 Å². The molecule has 1 fully saturated rings. The van der Waals surface area contributed by atoms with Crippen molar-refractivity contribution in [1.29, 1.82) is 0 Å². The van der Waals surface area contributed by atoms with E-state index >= 15 is 0 Å². The van der Waals surface area contributed by atoms with Crippen LogP contribution in [0.2, 0.25) is 0 Å². The van der Waals surface area contributed by atoms with Gasteiger partial charge in [0, 0.05) is 6.92 Å². The zero-order valence-electron chi connectivity index (χ0n) is 9.38. The standard InChI is InChI=1S/C12H18O3/c1-10(15-11(2)13)6-9-12(14)7-4-3-5-8-12/h10,14H,3-5,7-8H2,1-2H3/t10-/m1/s1. The van der Waals surface area contributed by atoms with Crippen LogP contribution in [0.25, 0.3) is 0 Å². The number of hydrogen-bond acceptors (Lipinski definition) is 3. The highest BCUT2D eigenvalue weighted by atomic mass is 16.5. The van der Waals surface area contributed by atoms with Gasteiger partial charge in [0.15, 0.2) is 6.10 Å². The number of hydrogen-bond donors (Lipinski definition) is 1. The van der Waals surface area contributed by atoms with Gasteiger partial charge in [0.1, 0.15) is 5.60 Å². The Morgan fingerprint density at radius 1 is 1.40 bits per heavy atom. The van der Waals surface area contributed by atoms with Crippen LogP contribution in [0.5, 0.6) is 0 Å². The molecular weight excluding hydrogens is 192 g/mol. The molecule has 0 radical (unpaired) electrons. The van der Waals surface area contributed by atoms with E-state index in [2.05, 4.69) is 11.8 Å². The van der Waals surface area contributed by atoms with Crippen molar-refractivity contribution in [1.82, 2.24) is 0 Å². The molecule has 1 atom stereocenters. The van der Waals surface area contributed by atoms with Crippen LogP contribution in [0.15, 0.2) is 0 Å². The molecule has 1 N–H and O–H groups in total. The first-order valence-electron chi connectivity index (χ1n) is 5.44.